The Morgan fingerprint density at radius 3 is 2.47 bits per heavy atom. The molecule has 1 aromatic rings. The van der Waals surface area contributed by atoms with E-state index in [1.54, 1.807) is 12.1 Å². The predicted octanol–water partition coefficient (Wildman–Crippen LogP) is 2.99. The largest absolute Gasteiger partial charge is 0.426 e. The molecule has 2 aliphatic carbocycles. The third-order valence-electron chi connectivity index (χ3n) is 5.20. The molecule has 3 nitrogen and oxygen atoms in total. The first-order chi connectivity index (χ1) is 8.98. The van der Waals surface area contributed by atoms with Gasteiger partial charge in [-0.25, -0.2) is 0 Å². The normalized spacial score (nSPS) is 31.5. The van der Waals surface area contributed by atoms with Crippen molar-refractivity contribution in [3.8, 4) is 5.75 Å². The van der Waals surface area contributed by atoms with E-state index >= 15 is 0 Å². The molecule has 100 valence electrons. The van der Waals surface area contributed by atoms with E-state index in [4.69, 9.17) is 4.74 Å². The minimum absolute atomic E-state index is 0.0645. The number of fused-ring (bicyclic) bond motifs is 2. The second-order valence-corrected chi connectivity index (χ2v) is 6.19. The van der Waals surface area contributed by atoms with Crippen molar-refractivity contribution in [2.75, 3.05) is 0 Å². The van der Waals surface area contributed by atoms with Crippen molar-refractivity contribution in [3.63, 3.8) is 0 Å². The molecule has 0 aliphatic heterocycles. The Kier molecular flexibility index (Phi) is 2.56. The van der Waals surface area contributed by atoms with Gasteiger partial charge in [0.15, 0.2) is 5.78 Å². The van der Waals surface area contributed by atoms with Crippen LogP contribution in [0.5, 0.6) is 5.75 Å². The van der Waals surface area contributed by atoms with Gasteiger partial charge in [-0.15, -0.1) is 0 Å². The van der Waals surface area contributed by atoms with E-state index in [9.17, 15) is 9.59 Å². The molecule has 0 N–H and O–H groups in total. The van der Waals surface area contributed by atoms with Crippen molar-refractivity contribution in [2.45, 2.75) is 33.1 Å². The molecule has 2 atom stereocenters. The van der Waals surface area contributed by atoms with E-state index in [2.05, 4.69) is 0 Å². The van der Waals surface area contributed by atoms with Crippen molar-refractivity contribution in [1.82, 2.24) is 0 Å². The van der Waals surface area contributed by atoms with Gasteiger partial charge in [0.2, 0.25) is 0 Å². The fourth-order valence-corrected chi connectivity index (χ4v) is 3.84. The maximum Gasteiger partial charge on any atom is 0.325 e. The first kappa shape index (κ1) is 12.4. The third-order valence-corrected chi connectivity index (χ3v) is 5.20. The zero-order valence-electron chi connectivity index (χ0n) is 11.3. The van der Waals surface area contributed by atoms with Gasteiger partial charge in [0, 0.05) is 6.42 Å². The molecular weight excluding hydrogens is 240 g/mol. The summed E-state index contributed by atoms with van der Waals surface area (Å²) in [5, 5.41) is 0. The van der Waals surface area contributed by atoms with Crippen LogP contribution in [0.2, 0.25) is 0 Å². The second-order valence-electron chi connectivity index (χ2n) is 6.19. The molecule has 2 unspecified atom stereocenters. The molecule has 1 aromatic carbocycles. The number of rotatable bonds is 2. The van der Waals surface area contributed by atoms with Gasteiger partial charge >= 0.3 is 5.97 Å². The molecule has 0 radical (unpaired) electrons. The standard InChI is InChI=1S/C16H18O3/c1-15(2)11-8-9-16(15,13(17)10-11)14(18)19-12-6-4-3-5-7-12/h3-7,11H,8-10H2,1-2H3. The first-order valence-corrected chi connectivity index (χ1v) is 6.79. The fourth-order valence-electron chi connectivity index (χ4n) is 3.84. The molecule has 19 heavy (non-hydrogen) atoms. The topological polar surface area (TPSA) is 43.4 Å². The molecule has 0 saturated heterocycles. The number of carbonyl (C=O) groups excluding carboxylic acids is 2. The van der Waals surface area contributed by atoms with Gasteiger partial charge in [0.1, 0.15) is 11.2 Å². The number of Topliss-reactive ketones (excluding diaryl/α,β-unsaturated/α-hetero) is 1. The van der Waals surface area contributed by atoms with Crippen LogP contribution in [-0.2, 0) is 9.59 Å². The lowest BCUT2D eigenvalue weighted by Gasteiger charge is -2.33. The van der Waals surface area contributed by atoms with Gasteiger partial charge in [0.25, 0.3) is 0 Å². The van der Waals surface area contributed by atoms with Crippen LogP contribution in [0, 0.1) is 16.7 Å². The Morgan fingerprint density at radius 1 is 1.26 bits per heavy atom. The second kappa shape index (κ2) is 3.92. The van der Waals surface area contributed by atoms with Crippen LogP contribution in [0.3, 0.4) is 0 Å². The number of ketones is 1. The SMILES string of the molecule is CC1(C)C2CCC1(C(=O)Oc1ccccc1)C(=O)C2. The Labute approximate surface area is 113 Å². The number of ether oxygens (including phenoxy) is 1. The zero-order chi connectivity index (χ0) is 13.7. The highest BCUT2D eigenvalue weighted by Crippen LogP contribution is 2.64. The molecule has 2 bridgehead atoms. The summed E-state index contributed by atoms with van der Waals surface area (Å²) in [7, 11) is 0. The van der Waals surface area contributed by atoms with Crippen LogP contribution >= 0.6 is 0 Å². The highest BCUT2D eigenvalue weighted by Gasteiger charge is 2.69. The van der Waals surface area contributed by atoms with Crippen LogP contribution in [0.1, 0.15) is 33.1 Å². The van der Waals surface area contributed by atoms with Crippen LogP contribution in [-0.4, -0.2) is 11.8 Å². The summed E-state index contributed by atoms with van der Waals surface area (Å²) >= 11 is 0. The lowest BCUT2D eigenvalue weighted by Crippen LogP contribution is -2.45. The van der Waals surface area contributed by atoms with E-state index in [1.807, 2.05) is 32.0 Å². The van der Waals surface area contributed by atoms with Gasteiger partial charge in [0.05, 0.1) is 0 Å². The summed E-state index contributed by atoms with van der Waals surface area (Å²) in [5.74, 6) is 0.535. The molecule has 2 saturated carbocycles. The quantitative estimate of drug-likeness (QED) is 0.465. The Balaban J connectivity index is 1.92. The minimum Gasteiger partial charge on any atom is -0.426 e. The van der Waals surface area contributed by atoms with Crippen LogP contribution in [0.15, 0.2) is 30.3 Å². The summed E-state index contributed by atoms with van der Waals surface area (Å²) in [6, 6.07) is 8.99. The molecule has 3 rings (SSSR count). The van der Waals surface area contributed by atoms with Crippen LogP contribution < -0.4 is 4.74 Å². The van der Waals surface area contributed by atoms with Crippen molar-refractivity contribution in [3.05, 3.63) is 30.3 Å². The van der Waals surface area contributed by atoms with Crippen molar-refractivity contribution in [2.24, 2.45) is 16.7 Å². The molecule has 0 spiro atoms. The summed E-state index contributed by atoms with van der Waals surface area (Å²) in [6.07, 6.45) is 2.11. The summed E-state index contributed by atoms with van der Waals surface area (Å²) in [4.78, 5) is 24.9. The van der Waals surface area contributed by atoms with Gasteiger partial charge in [-0.1, -0.05) is 32.0 Å². The summed E-state index contributed by atoms with van der Waals surface area (Å²) in [5.41, 5.74) is -1.20. The maximum absolute atomic E-state index is 12.6. The molecule has 2 aliphatic rings. The van der Waals surface area contributed by atoms with Crippen molar-refractivity contribution < 1.29 is 14.3 Å². The smallest absolute Gasteiger partial charge is 0.325 e. The molecule has 3 heteroatoms. The number of hydrogen-bond donors (Lipinski definition) is 0. The van der Waals surface area contributed by atoms with E-state index in [0.29, 0.717) is 24.5 Å². The van der Waals surface area contributed by atoms with E-state index in [-0.39, 0.29) is 17.2 Å². The summed E-state index contributed by atoms with van der Waals surface area (Å²) in [6.45, 7) is 4.06. The molecular formula is C16H18O3. The molecule has 2 fully saturated rings. The first-order valence-electron chi connectivity index (χ1n) is 6.79. The number of hydrogen-bond acceptors (Lipinski definition) is 3. The highest BCUT2D eigenvalue weighted by atomic mass is 16.5. The van der Waals surface area contributed by atoms with Crippen molar-refractivity contribution in [1.29, 1.82) is 0 Å². The average Bonchev–Trinajstić information content (AvgIpc) is 2.74. The number of esters is 1. The van der Waals surface area contributed by atoms with E-state index < -0.39 is 5.41 Å². The highest BCUT2D eigenvalue weighted by molar-refractivity contribution is 6.08. The lowest BCUT2D eigenvalue weighted by molar-refractivity contribution is -0.156. The molecule has 0 amide bonds. The zero-order valence-corrected chi connectivity index (χ0v) is 11.3. The lowest BCUT2D eigenvalue weighted by atomic mass is 9.69. The van der Waals surface area contributed by atoms with Crippen LogP contribution in [0.25, 0.3) is 0 Å². The van der Waals surface area contributed by atoms with Gasteiger partial charge in [-0.05, 0) is 36.3 Å². The Morgan fingerprint density at radius 2 is 1.95 bits per heavy atom. The predicted molar refractivity (Wildman–Crippen MR) is 70.6 cm³/mol. The average molecular weight is 258 g/mol. The maximum atomic E-state index is 12.6. The third kappa shape index (κ3) is 1.50. The Bertz CT molecular complexity index is 532. The minimum atomic E-state index is -0.923. The van der Waals surface area contributed by atoms with Crippen LogP contribution in [0.4, 0.5) is 0 Å². The van der Waals surface area contributed by atoms with Crippen molar-refractivity contribution >= 4 is 11.8 Å². The number of para-hydroxylation sites is 1. The van der Waals surface area contributed by atoms with E-state index in [0.717, 1.165) is 6.42 Å². The fraction of sp³-hybridized carbons (Fsp3) is 0.500. The van der Waals surface area contributed by atoms with Gasteiger partial charge < -0.3 is 4.74 Å². The number of carbonyl (C=O) groups is 2. The molecule has 0 heterocycles. The Hall–Kier alpha value is -1.64. The summed E-state index contributed by atoms with van der Waals surface area (Å²) < 4.78 is 5.47. The van der Waals surface area contributed by atoms with Gasteiger partial charge in [-0.3, -0.25) is 9.59 Å². The monoisotopic (exact) mass is 258 g/mol. The van der Waals surface area contributed by atoms with E-state index in [1.165, 1.54) is 0 Å². The van der Waals surface area contributed by atoms with Gasteiger partial charge in [-0.2, -0.15) is 0 Å². The number of benzene rings is 1. The molecule has 0 aromatic heterocycles.